The molecule has 0 spiro atoms. The molecule has 2 aromatic rings. The number of nitrogens with one attached hydrogen (secondary N) is 1. The van der Waals surface area contributed by atoms with Crippen LogP contribution in [0.25, 0.3) is 0 Å². The van der Waals surface area contributed by atoms with E-state index in [0.717, 1.165) is 6.07 Å². The predicted molar refractivity (Wildman–Crippen MR) is 92.9 cm³/mol. The first-order valence-electron chi connectivity index (χ1n) is 7.97. The van der Waals surface area contributed by atoms with Crippen LogP contribution >= 0.6 is 0 Å². The second kappa shape index (κ2) is 9.41. The number of halogens is 1. The van der Waals surface area contributed by atoms with E-state index in [1.54, 1.807) is 19.1 Å². The summed E-state index contributed by atoms with van der Waals surface area (Å²) in [5.41, 5.74) is 0.481. The number of aryl methyl sites for hydroxylation is 1. The third-order valence-electron chi connectivity index (χ3n) is 3.49. The van der Waals surface area contributed by atoms with Crippen molar-refractivity contribution in [3.05, 3.63) is 59.4 Å². The molecule has 0 fully saturated rings. The second-order valence-electron chi connectivity index (χ2n) is 5.39. The molecule has 0 bridgehead atoms. The molecule has 1 N–H and O–H groups in total. The van der Waals surface area contributed by atoms with E-state index in [4.69, 9.17) is 14.2 Å². The summed E-state index contributed by atoms with van der Waals surface area (Å²) in [6.45, 7) is 1.59. The highest BCUT2D eigenvalue weighted by Gasteiger charge is 2.12. The molecule has 0 saturated heterocycles. The summed E-state index contributed by atoms with van der Waals surface area (Å²) in [5.74, 6) is -0.577. The van der Waals surface area contributed by atoms with Crippen molar-refractivity contribution in [1.82, 2.24) is 5.32 Å². The van der Waals surface area contributed by atoms with Crippen LogP contribution < -0.4 is 14.8 Å². The molecular weight excluding hydrogens is 341 g/mol. The largest absolute Gasteiger partial charge is 0.493 e. The zero-order valence-corrected chi connectivity index (χ0v) is 14.6. The fourth-order valence-corrected chi connectivity index (χ4v) is 2.07. The first-order chi connectivity index (χ1) is 12.5. The van der Waals surface area contributed by atoms with Crippen molar-refractivity contribution in [1.29, 1.82) is 0 Å². The van der Waals surface area contributed by atoms with Gasteiger partial charge in [-0.05, 0) is 36.8 Å². The van der Waals surface area contributed by atoms with Crippen LogP contribution in [0.1, 0.15) is 15.9 Å². The molecule has 7 heteroatoms. The van der Waals surface area contributed by atoms with E-state index in [9.17, 15) is 14.0 Å². The molecule has 0 radical (unpaired) electrons. The van der Waals surface area contributed by atoms with Gasteiger partial charge in [0.15, 0.2) is 18.1 Å². The maximum Gasteiger partial charge on any atom is 0.338 e. The fraction of sp³-hybridized carbons (Fsp3) is 0.263. The maximum atomic E-state index is 13.4. The number of carbonyl (C=O) groups excluding carboxylic acids is 2. The third-order valence-corrected chi connectivity index (χ3v) is 3.49. The molecule has 2 aromatic carbocycles. The average Bonchev–Trinajstić information content (AvgIpc) is 2.65. The molecule has 2 rings (SSSR count). The lowest BCUT2D eigenvalue weighted by Crippen LogP contribution is -2.32. The van der Waals surface area contributed by atoms with Crippen molar-refractivity contribution in [3.8, 4) is 11.5 Å². The third kappa shape index (κ3) is 5.47. The SMILES string of the molecule is COc1ccccc1OCCNC(=O)COC(=O)c1ccc(C)c(F)c1. The molecule has 26 heavy (non-hydrogen) atoms. The zero-order chi connectivity index (χ0) is 18.9. The Morgan fingerprint density at radius 2 is 1.85 bits per heavy atom. The number of hydrogen-bond donors (Lipinski definition) is 1. The van der Waals surface area contributed by atoms with Gasteiger partial charge in [-0.3, -0.25) is 4.79 Å². The molecule has 0 aliphatic heterocycles. The van der Waals surface area contributed by atoms with Gasteiger partial charge >= 0.3 is 5.97 Å². The van der Waals surface area contributed by atoms with Crippen LogP contribution in [0.4, 0.5) is 4.39 Å². The Kier molecular flexibility index (Phi) is 6.96. The molecule has 0 aromatic heterocycles. The maximum absolute atomic E-state index is 13.4. The number of para-hydroxylation sites is 2. The average molecular weight is 361 g/mol. The van der Waals surface area contributed by atoms with Gasteiger partial charge in [0, 0.05) is 0 Å². The minimum Gasteiger partial charge on any atom is -0.493 e. The monoisotopic (exact) mass is 361 g/mol. The van der Waals surface area contributed by atoms with Gasteiger partial charge in [-0.2, -0.15) is 0 Å². The summed E-state index contributed by atoms with van der Waals surface area (Å²) in [7, 11) is 1.54. The summed E-state index contributed by atoms with van der Waals surface area (Å²) >= 11 is 0. The van der Waals surface area contributed by atoms with E-state index in [1.165, 1.54) is 19.2 Å². The molecule has 0 aliphatic carbocycles. The topological polar surface area (TPSA) is 73.9 Å². The molecule has 0 saturated carbocycles. The Labute approximate surface area is 150 Å². The number of methoxy groups -OCH3 is 1. The molecule has 0 aliphatic rings. The van der Waals surface area contributed by atoms with Gasteiger partial charge in [0.05, 0.1) is 19.2 Å². The van der Waals surface area contributed by atoms with Crippen molar-refractivity contribution in [2.75, 3.05) is 26.9 Å². The van der Waals surface area contributed by atoms with Gasteiger partial charge in [0.2, 0.25) is 0 Å². The van der Waals surface area contributed by atoms with Crippen LogP contribution in [0.2, 0.25) is 0 Å². The predicted octanol–water partition coefficient (Wildman–Crippen LogP) is 2.49. The van der Waals surface area contributed by atoms with Gasteiger partial charge in [-0.25, -0.2) is 9.18 Å². The highest BCUT2D eigenvalue weighted by Crippen LogP contribution is 2.25. The number of rotatable bonds is 8. The summed E-state index contributed by atoms with van der Waals surface area (Å²) in [6.07, 6.45) is 0. The smallest absolute Gasteiger partial charge is 0.338 e. The lowest BCUT2D eigenvalue weighted by Gasteiger charge is -2.11. The Balaban J connectivity index is 1.70. The lowest BCUT2D eigenvalue weighted by molar-refractivity contribution is -0.124. The van der Waals surface area contributed by atoms with E-state index < -0.39 is 24.3 Å². The zero-order valence-electron chi connectivity index (χ0n) is 14.6. The van der Waals surface area contributed by atoms with Gasteiger partial charge < -0.3 is 19.5 Å². The van der Waals surface area contributed by atoms with Crippen LogP contribution in [0.3, 0.4) is 0 Å². The highest BCUT2D eigenvalue weighted by molar-refractivity contribution is 5.91. The van der Waals surface area contributed by atoms with Gasteiger partial charge in [-0.1, -0.05) is 18.2 Å². The highest BCUT2D eigenvalue weighted by atomic mass is 19.1. The van der Waals surface area contributed by atoms with E-state index >= 15 is 0 Å². The number of hydrogen-bond acceptors (Lipinski definition) is 5. The molecule has 0 heterocycles. The van der Waals surface area contributed by atoms with Crippen molar-refractivity contribution in [2.45, 2.75) is 6.92 Å². The minimum absolute atomic E-state index is 0.0559. The Bertz CT molecular complexity index is 778. The number of ether oxygens (including phenoxy) is 3. The Hall–Kier alpha value is -3.09. The minimum atomic E-state index is -0.760. The number of carbonyl (C=O) groups is 2. The first kappa shape index (κ1) is 19.2. The van der Waals surface area contributed by atoms with Crippen LogP contribution in [0, 0.1) is 12.7 Å². The van der Waals surface area contributed by atoms with Crippen molar-refractivity contribution in [3.63, 3.8) is 0 Å². The number of esters is 1. The molecule has 0 atom stereocenters. The number of benzene rings is 2. The normalized spacial score (nSPS) is 10.1. The fourth-order valence-electron chi connectivity index (χ4n) is 2.07. The molecule has 6 nitrogen and oxygen atoms in total. The van der Waals surface area contributed by atoms with Gasteiger partial charge in [0.25, 0.3) is 5.91 Å². The molecule has 0 unspecified atom stereocenters. The van der Waals surface area contributed by atoms with Crippen LogP contribution in [-0.4, -0.2) is 38.7 Å². The summed E-state index contributed by atoms with van der Waals surface area (Å²) in [4.78, 5) is 23.5. The van der Waals surface area contributed by atoms with Crippen LogP contribution in [0.5, 0.6) is 11.5 Å². The van der Waals surface area contributed by atoms with E-state index in [-0.39, 0.29) is 18.7 Å². The van der Waals surface area contributed by atoms with Crippen LogP contribution in [0.15, 0.2) is 42.5 Å². The van der Waals surface area contributed by atoms with Crippen LogP contribution in [-0.2, 0) is 9.53 Å². The summed E-state index contributed by atoms with van der Waals surface area (Å²) in [6, 6.07) is 11.1. The summed E-state index contributed by atoms with van der Waals surface area (Å²) < 4.78 is 28.9. The summed E-state index contributed by atoms with van der Waals surface area (Å²) in [5, 5.41) is 2.56. The molecule has 138 valence electrons. The Morgan fingerprint density at radius 1 is 1.12 bits per heavy atom. The second-order valence-corrected chi connectivity index (χ2v) is 5.39. The van der Waals surface area contributed by atoms with Gasteiger partial charge in [-0.15, -0.1) is 0 Å². The Morgan fingerprint density at radius 3 is 2.54 bits per heavy atom. The van der Waals surface area contributed by atoms with E-state index in [0.29, 0.717) is 17.1 Å². The first-order valence-corrected chi connectivity index (χ1v) is 7.97. The molecule has 1 amide bonds. The van der Waals surface area contributed by atoms with Crippen molar-refractivity contribution < 1.29 is 28.2 Å². The van der Waals surface area contributed by atoms with Crippen molar-refractivity contribution >= 4 is 11.9 Å². The van der Waals surface area contributed by atoms with Crippen molar-refractivity contribution in [2.24, 2.45) is 0 Å². The standard InChI is InChI=1S/C19H20FNO5/c1-13-7-8-14(11-15(13)20)19(23)26-12-18(22)21-9-10-25-17-6-4-3-5-16(17)24-2/h3-8,11H,9-10,12H2,1-2H3,(H,21,22). The van der Waals surface area contributed by atoms with E-state index in [1.807, 2.05) is 12.1 Å². The van der Waals surface area contributed by atoms with Gasteiger partial charge in [0.1, 0.15) is 12.4 Å². The quantitative estimate of drug-likeness (QED) is 0.578. The van der Waals surface area contributed by atoms with E-state index in [2.05, 4.69) is 5.32 Å². The molecular formula is C19H20FNO5. The lowest BCUT2D eigenvalue weighted by atomic mass is 10.1. The number of amides is 1.